The number of nitrogens with zero attached hydrogens (tertiary/aromatic N) is 1. The van der Waals surface area contributed by atoms with Gasteiger partial charge in [0.15, 0.2) is 0 Å². The molecule has 0 aliphatic heterocycles. The van der Waals surface area contributed by atoms with Crippen LogP contribution in [0.1, 0.15) is 29.2 Å². The predicted molar refractivity (Wildman–Crippen MR) is 120 cm³/mol. The van der Waals surface area contributed by atoms with Gasteiger partial charge in [0.05, 0.1) is 12.1 Å². The fourth-order valence-corrected chi connectivity index (χ4v) is 3.79. The lowest BCUT2D eigenvalue weighted by Gasteiger charge is -2.17. The zero-order chi connectivity index (χ0) is 21.3. The van der Waals surface area contributed by atoms with E-state index in [0.29, 0.717) is 30.2 Å². The second kappa shape index (κ2) is 8.03. The van der Waals surface area contributed by atoms with E-state index < -0.39 is 11.2 Å². The first-order chi connectivity index (χ1) is 14.4. The summed E-state index contributed by atoms with van der Waals surface area (Å²) in [5, 5.41) is 2.23. The summed E-state index contributed by atoms with van der Waals surface area (Å²) < 4.78 is 7.66. The summed E-state index contributed by atoms with van der Waals surface area (Å²) >= 11 is 0. The Morgan fingerprint density at radius 2 is 1.60 bits per heavy atom. The SMILES string of the molecule is CCc1c(Oc2cc(C)cc(C)c2)n(Cc2ccc3ccccc3c2)c(=O)[nH]c1=O. The van der Waals surface area contributed by atoms with Crippen LogP contribution in [0.5, 0.6) is 11.6 Å². The Labute approximate surface area is 174 Å². The number of hydrogen-bond donors (Lipinski definition) is 1. The molecule has 0 atom stereocenters. The molecular formula is C25H24N2O3. The van der Waals surface area contributed by atoms with Crippen molar-refractivity contribution in [2.45, 2.75) is 33.7 Å². The van der Waals surface area contributed by atoms with Crippen LogP contribution in [0.2, 0.25) is 0 Å². The van der Waals surface area contributed by atoms with Gasteiger partial charge in [0.2, 0.25) is 5.88 Å². The van der Waals surface area contributed by atoms with Gasteiger partial charge in [-0.3, -0.25) is 14.3 Å². The van der Waals surface area contributed by atoms with E-state index in [-0.39, 0.29) is 0 Å². The van der Waals surface area contributed by atoms with Crippen LogP contribution in [0, 0.1) is 13.8 Å². The molecule has 0 saturated heterocycles. The molecule has 4 aromatic rings. The van der Waals surface area contributed by atoms with Crippen molar-refractivity contribution >= 4 is 10.8 Å². The van der Waals surface area contributed by atoms with Gasteiger partial charge in [-0.25, -0.2) is 4.79 Å². The third kappa shape index (κ3) is 3.92. The first-order valence-electron chi connectivity index (χ1n) is 10.0. The number of ether oxygens (including phenoxy) is 1. The number of aromatic nitrogens is 2. The van der Waals surface area contributed by atoms with Gasteiger partial charge in [-0.1, -0.05) is 49.4 Å². The standard InChI is InChI=1S/C25H24N2O3/c1-4-22-23(28)26-25(29)27(24(22)30-21-12-16(2)11-17(3)13-21)15-18-9-10-19-7-5-6-8-20(19)14-18/h5-14H,4,15H2,1-3H3,(H,26,28,29). The molecule has 0 amide bonds. The quantitative estimate of drug-likeness (QED) is 0.528. The van der Waals surface area contributed by atoms with E-state index in [1.54, 1.807) is 0 Å². The minimum atomic E-state index is -0.482. The fourth-order valence-electron chi connectivity index (χ4n) is 3.79. The van der Waals surface area contributed by atoms with E-state index >= 15 is 0 Å². The Kier molecular flexibility index (Phi) is 5.27. The topological polar surface area (TPSA) is 64.1 Å². The minimum Gasteiger partial charge on any atom is -0.440 e. The lowest BCUT2D eigenvalue weighted by atomic mass is 10.1. The van der Waals surface area contributed by atoms with Crippen LogP contribution in [0.3, 0.4) is 0 Å². The monoisotopic (exact) mass is 400 g/mol. The summed E-state index contributed by atoms with van der Waals surface area (Å²) in [6, 6.07) is 20.0. The molecule has 0 unspecified atom stereocenters. The molecule has 0 spiro atoms. The maximum Gasteiger partial charge on any atom is 0.331 e. The first kappa shape index (κ1) is 19.7. The normalized spacial score (nSPS) is 11.0. The zero-order valence-corrected chi connectivity index (χ0v) is 17.4. The maximum atomic E-state index is 12.7. The Balaban J connectivity index is 1.83. The van der Waals surface area contributed by atoms with Gasteiger partial charge < -0.3 is 4.74 Å². The predicted octanol–water partition coefficient (Wildman–Crippen LogP) is 4.71. The number of fused-ring (bicyclic) bond motifs is 1. The number of benzene rings is 3. The lowest BCUT2D eigenvalue weighted by molar-refractivity contribution is 0.414. The summed E-state index contributed by atoms with van der Waals surface area (Å²) in [7, 11) is 0. The van der Waals surface area contributed by atoms with Crippen molar-refractivity contribution in [3.8, 4) is 11.6 Å². The zero-order valence-electron chi connectivity index (χ0n) is 17.4. The second-order valence-electron chi connectivity index (χ2n) is 7.59. The highest BCUT2D eigenvalue weighted by molar-refractivity contribution is 5.83. The molecule has 5 heteroatoms. The van der Waals surface area contributed by atoms with Crippen molar-refractivity contribution in [1.82, 2.24) is 9.55 Å². The molecule has 0 aliphatic carbocycles. The summed E-state index contributed by atoms with van der Waals surface area (Å²) in [6.45, 7) is 6.15. The fraction of sp³-hybridized carbons (Fsp3) is 0.200. The summed E-state index contributed by atoms with van der Waals surface area (Å²) in [4.78, 5) is 27.6. The van der Waals surface area contributed by atoms with Crippen LogP contribution in [0.25, 0.3) is 10.8 Å². The van der Waals surface area contributed by atoms with Gasteiger partial charge in [0.25, 0.3) is 5.56 Å². The Hall–Kier alpha value is -3.60. The molecule has 3 aromatic carbocycles. The summed E-state index contributed by atoms with van der Waals surface area (Å²) in [5.41, 5.74) is 2.62. The van der Waals surface area contributed by atoms with Gasteiger partial charge in [0, 0.05) is 0 Å². The van der Waals surface area contributed by atoms with Crippen LogP contribution in [-0.4, -0.2) is 9.55 Å². The molecule has 1 heterocycles. The maximum absolute atomic E-state index is 12.7. The molecule has 4 rings (SSSR count). The molecule has 0 radical (unpaired) electrons. The number of aryl methyl sites for hydroxylation is 2. The number of hydrogen-bond acceptors (Lipinski definition) is 3. The third-order valence-electron chi connectivity index (χ3n) is 5.16. The van der Waals surface area contributed by atoms with Crippen LogP contribution in [0.15, 0.2) is 70.3 Å². The number of H-pyrrole nitrogens is 1. The van der Waals surface area contributed by atoms with Crippen molar-refractivity contribution in [3.05, 3.63) is 104 Å². The highest BCUT2D eigenvalue weighted by Gasteiger charge is 2.17. The van der Waals surface area contributed by atoms with E-state index in [9.17, 15) is 9.59 Å². The lowest BCUT2D eigenvalue weighted by Crippen LogP contribution is -2.33. The molecule has 30 heavy (non-hydrogen) atoms. The van der Waals surface area contributed by atoms with Gasteiger partial charge in [-0.15, -0.1) is 0 Å². The van der Waals surface area contributed by atoms with Crippen molar-refractivity contribution in [3.63, 3.8) is 0 Å². The Morgan fingerprint density at radius 1 is 0.900 bits per heavy atom. The molecule has 0 aliphatic rings. The first-order valence-corrected chi connectivity index (χ1v) is 10.0. The average molecular weight is 400 g/mol. The van der Waals surface area contributed by atoms with E-state index in [0.717, 1.165) is 27.5 Å². The average Bonchev–Trinajstić information content (AvgIpc) is 2.70. The van der Waals surface area contributed by atoms with Crippen LogP contribution >= 0.6 is 0 Å². The van der Waals surface area contributed by atoms with E-state index in [1.165, 1.54) is 4.57 Å². The van der Waals surface area contributed by atoms with E-state index in [4.69, 9.17) is 4.74 Å². The van der Waals surface area contributed by atoms with Gasteiger partial charge in [-0.05, 0) is 65.9 Å². The Bertz CT molecular complexity index is 1330. The largest absolute Gasteiger partial charge is 0.440 e. The third-order valence-corrected chi connectivity index (χ3v) is 5.16. The van der Waals surface area contributed by atoms with Crippen molar-refractivity contribution in [2.75, 3.05) is 0 Å². The number of rotatable bonds is 5. The molecule has 0 bridgehead atoms. The smallest absolute Gasteiger partial charge is 0.331 e. The summed E-state index contributed by atoms with van der Waals surface area (Å²) in [6.07, 6.45) is 0.452. The summed E-state index contributed by atoms with van der Waals surface area (Å²) in [5.74, 6) is 0.906. The minimum absolute atomic E-state index is 0.296. The van der Waals surface area contributed by atoms with Crippen LogP contribution in [0.4, 0.5) is 0 Å². The number of nitrogens with one attached hydrogen (secondary N) is 1. The second-order valence-corrected chi connectivity index (χ2v) is 7.59. The molecule has 0 fully saturated rings. The highest BCUT2D eigenvalue weighted by Crippen LogP contribution is 2.26. The van der Waals surface area contributed by atoms with Gasteiger partial charge >= 0.3 is 5.69 Å². The van der Waals surface area contributed by atoms with Crippen molar-refractivity contribution < 1.29 is 4.74 Å². The van der Waals surface area contributed by atoms with Crippen molar-refractivity contribution in [1.29, 1.82) is 0 Å². The highest BCUT2D eigenvalue weighted by atomic mass is 16.5. The molecule has 152 valence electrons. The van der Waals surface area contributed by atoms with E-state index in [2.05, 4.69) is 17.1 Å². The number of aromatic amines is 1. The Morgan fingerprint density at radius 3 is 2.30 bits per heavy atom. The van der Waals surface area contributed by atoms with Crippen molar-refractivity contribution in [2.24, 2.45) is 0 Å². The molecule has 5 nitrogen and oxygen atoms in total. The molecular weight excluding hydrogens is 376 g/mol. The van der Waals surface area contributed by atoms with Crippen LogP contribution < -0.4 is 16.0 Å². The van der Waals surface area contributed by atoms with Gasteiger partial charge in [-0.2, -0.15) is 0 Å². The molecule has 1 N–H and O–H groups in total. The van der Waals surface area contributed by atoms with E-state index in [1.807, 2.05) is 69.3 Å². The molecule has 1 aromatic heterocycles. The van der Waals surface area contributed by atoms with Gasteiger partial charge in [0.1, 0.15) is 5.75 Å². The molecule has 0 saturated carbocycles. The van der Waals surface area contributed by atoms with Crippen LogP contribution in [-0.2, 0) is 13.0 Å².